The van der Waals surface area contributed by atoms with Gasteiger partial charge in [0.15, 0.2) is 11.7 Å². The van der Waals surface area contributed by atoms with Gasteiger partial charge in [0, 0.05) is 30.0 Å². The summed E-state index contributed by atoms with van der Waals surface area (Å²) in [6, 6.07) is 14.9. The van der Waals surface area contributed by atoms with Crippen molar-refractivity contribution < 1.29 is 13.9 Å². The van der Waals surface area contributed by atoms with Gasteiger partial charge in [-0.15, -0.1) is 0 Å². The Labute approximate surface area is 157 Å². The van der Waals surface area contributed by atoms with E-state index in [1.54, 1.807) is 25.4 Å². The molecule has 1 amide bonds. The van der Waals surface area contributed by atoms with Gasteiger partial charge in [0.25, 0.3) is 0 Å². The molecule has 1 aromatic heterocycles. The smallest absolute Gasteiger partial charge is 0.220 e. The molecule has 0 aliphatic carbocycles. The van der Waals surface area contributed by atoms with Crippen molar-refractivity contribution in [3.8, 4) is 17.1 Å². The highest BCUT2D eigenvalue weighted by Crippen LogP contribution is 2.23. The number of benzene rings is 2. The number of nitrogens with one attached hydrogen (secondary N) is 1. The maximum atomic E-state index is 12.0. The number of methoxy groups -OCH3 is 1. The van der Waals surface area contributed by atoms with E-state index in [4.69, 9.17) is 20.8 Å². The summed E-state index contributed by atoms with van der Waals surface area (Å²) in [5.74, 6) is 1.94. The third-order valence-electron chi connectivity index (χ3n) is 3.90. The molecule has 26 heavy (non-hydrogen) atoms. The predicted octanol–water partition coefficient (Wildman–Crippen LogP) is 4.25. The number of rotatable bonds is 7. The van der Waals surface area contributed by atoms with Crippen LogP contribution >= 0.6 is 11.6 Å². The molecule has 3 aromatic rings. The Balaban J connectivity index is 1.49. The van der Waals surface area contributed by atoms with E-state index in [9.17, 15) is 4.79 Å². The number of amides is 1. The van der Waals surface area contributed by atoms with Crippen LogP contribution < -0.4 is 10.1 Å². The van der Waals surface area contributed by atoms with Crippen LogP contribution in [0.4, 0.5) is 0 Å². The van der Waals surface area contributed by atoms with Gasteiger partial charge in [-0.05, 0) is 42.0 Å². The topological polar surface area (TPSA) is 64.4 Å². The minimum Gasteiger partial charge on any atom is -0.497 e. The Morgan fingerprint density at radius 3 is 2.58 bits per heavy atom. The maximum absolute atomic E-state index is 12.0. The van der Waals surface area contributed by atoms with Crippen LogP contribution in [0.25, 0.3) is 11.3 Å². The molecular weight excluding hydrogens is 352 g/mol. The molecule has 0 fully saturated rings. The van der Waals surface area contributed by atoms with Gasteiger partial charge in [-0.3, -0.25) is 4.79 Å². The van der Waals surface area contributed by atoms with Gasteiger partial charge in [-0.25, -0.2) is 4.98 Å². The SMILES string of the molecule is COc1ccc(-c2cnc(CCC(=O)NCc3ccc(Cl)cc3)o2)cc1. The summed E-state index contributed by atoms with van der Waals surface area (Å²) in [7, 11) is 1.62. The number of aryl methyl sites for hydroxylation is 1. The minimum absolute atomic E-state index is 0.0517. The molecule has 0 aliphatic rings. The van der Waals surface area contributed by atoms with E-state index < -0.39 is 0 Å². The first kappa shape index (κ1) is 18.0. The van der Waals surface area contributed by atoms with Crippen LogP contribution in [-0.2, 0) is 17.8 Å². The number of carbonyl (C=O) groups is 1. The summed E-state index contributed by atoms with van der Waals surface area (Å²) in [5, 5.41) is 3.55. The molecule has 0 spiro atoms. The van der Waals surface area contributed by atoms with E-state index in [1.165, 1.54) is 0 Å². The molecular formula is C20H19ClN2O3. The van der Waals surface area contributed by atoms with Crippen molar-refractivity contribution in [1.82, 2.24) is 10.3 Å². The molecule has 6 heteroatoms. The predicted molar refractivity (Wildman–Crippen MR) is 100 cm³/mol. The fraction of sp³-hybridized carbons (Fsp3) is 0.200. The molecule has 134 valence electrons. The molecule has 0 atom stereocenters. The summed E-state index contributed by atoms with van der Waals surface area (Å²) < 4.78 is 10.9. The maximum Gasteiger partial charge on any atom is 0.220 e. The number of carbonyl (C=O) groups excluding carboxylic acids is 1. The normalized spacial score (nSPS) is 10.5. The van der Waals surface area contributed by atoms with Crippen LogP contribution in [0, 0.1) is 0 Å². The third-order valence-corrected chi connectivity index (χ3v) is 4.15. The zero-order valence-corrected chi connectivity index (χ0v) is 15.1. The molecule has 3 rings (SSSR count). The lowest BCUT2D eigenvalue weighted by Crippen LogP contribution is -2.22. The number of nitrogens with zero attached hydrogens (tertiary/aromatic N) is 1. The van der Waals surface area contributed by atoms with Crippen molar-refractivity contribution >= 4 is 17.5 Å². The molecule has 1 heterocycles. The Bertz CT molecular complexity index is 858. The molecule has 0 radical (unpaired) electrons. The summed E-state index contributed by atoms with van der Waals surface area (Å²) in [6.07, 6.45) is 2.43. The average Bonchev–Trinajstić information content (AvgIpc) is 3.15. The fourth-order valence-corrected chi connectivity index (χ4v) is 2.55. The fourth-order valence-electron chi connectivity index (χ4n) is 2.43. The van der Waals surface area contributed by atoms with E-state index in [-0.39, 0.29) is 5.91 Å². The van der Waals surface area contributed by atoms with Gasteiger partial charge in [0.2, 0.25) is 5.91 Å². The van der Waals surface area contributed by atoms with E-state index in [0.29, 0.717) is 36.1 Å². The molecule has 0 aliphatic heterocycles. The molecule has 2 aromatic carbocycles. The number of aromatic nitrogens is 1. The molecule has 5 nitrogen and oxygen atoms in total. The zero-order valence-electron chi connectivity index (χ0n) is 14.4. The van der Waals surface area contributed by atoms with Crippen molar-refractivity contribution in [3.05, 3.63) is 71.2 Å². The van der Waals surface area contributed by atoms with Crippen molar-refractivity contribution in [2.24, 2.45) is 0 Å². The zero-order chi connectivity index (χ0) is 18.4. The highest BCUT2D eigenvalue weighted by Gasteiger charge is 2.09. The van der Waals surface area contributed by atoms with E-state index in [1.807, 2.05) is 36.4 Å². The van der Waals surface area contributed by atoms with Crippen LogP contribution in [0.1, 0.15) is 17.9 Å². The lowest BCUT2D eigenvalue weighted by atomic mass is 10.2. The first-order valence-corrected chi connectivity index (χ1v) is 8.62. The molecule has 0 bridgehead atoms. The number of hydrogen-bond acceptors (Lipinski definition) is 4. The van der Waals surface area contributed by atoms with Gasteiger partial charge in [-0.2, -0.15) is 0 Å². The Morgan fingerprint density at radius 2 is 1.88 bits per heavy atom. The van der Waals surface area contributed by atoms with E-state index >= 15 is 0 Å². The number of ether oxygens (including phenoxy) is 1. The Morgan fingerprint density at radius 1 is 1.15 bits per heavy atom. The number of oxazole rings is 1. The second kappa shape index (κ2) is 8.54. The van der Waals surface area contributed by atoms with E-state index in [0.717, 1.165) is 16.9 Å². The van der Waals surface area contributed by atoms with Crippen LogP contribution in [0.2, 0.25) is 5.02 Å². The second-order valence-electron chi connectivity index (χ2n) is 5.75. The van der Waals surface area contributed by atoms with Gasteiger partial charge in [0.1, 0.15) is 5.75 Å². The Kier molecular flexibility index (Phi) is 5.92. The van der Waals surface area contributed by atoms with E-state index in [2.05, 4.69) is 10.3 Å². The van der Waals surface area contributed by atoms with Gasteiger partial charge < -0.3 is 14.5 Å². The average molecular weight is 371 g/mol. The first-order chi connectivity index (χ1) is 12.6. The van der Waals surface area contributed by atoms with Crippen molar-refractivity contribution in [3.63, 3.8) is 0 Å². The second-order valence-corrected chi connectivity index (χ2v) is 6.19. The van der Waals surface area contributed by atoms with Crippen molar-refractivity contribution in [1.29, 1.82) is 0 Å². The highest BCUT2D eigenvalue weighted by atomic mass is 35.5. The van der Waals surface area contributed by atoms with Gasteiger partial charge >= 0.3 is 0 Å². The van der Waals surface area contributed by atoms with Gasteiger partial charge in [0.05, 0.1) is 13.3 Å². The summed E-state index contributed by atoms with van der Waals surface area (Å²) >= 11 is 5.84. The summed E-state index contributed by atoms with van der Waals surface area (Å²) in [6.45, 7) is 0.471. The standard InChI is InChI=1S/C20H19ClN2O3/c1-25-17-8-4-15(5-9-17)18-13-23-20(26-18)11-10-19(24)22-12-14-2-6-16(21)7-3-14/h2-9,13H,10-12H2,1H3,(H,22,24). The summed E-state index contributed by atoms with van der Waals surface area (Å²) in [5.41, 5.74) is 1.91. The third kappa shape index (κ3) is 4.86. The number of hydrogen-bond donors (Lipinski definition) is 1. The van der Waals surface area contributed by atoms with Crippen molar-refractivity contribution in [2.45, 2.75) is 19.4 Å². The first-order valence-electron chi connectivity index (χ1n) is 8.24. The van der Waals surface area contributed by atoms with Crippen LogP contribution in [0.5, 0.6) is 5.75 Å². The lowest BCUT2D eigenvalue weighted by Gasteiger charge is -2.04. The molecule has 0 unspecified atom stereocenters. The molecule has 0 saturated heterocycles. The minimum atomic E-state index is -0.0517. The van der Waals surface area contributed by atoms with Crippen LogP contribution in [0.15, 0.2) is 59.1 Å². The van der Waals surface area contributed by atoms with Gasteiger partial charge in [-0.1, -0.05) is 23.7 Å². The lowest BCUT2D eigenvalue weighted by molar-refractivity contribution is -0.121. The molecule has 0 saturated carbocycles. The number of halogens is 1. The quantitative estimate of drug-likeness (QED) is 0.675. The van der Waals surface area contributed by atoms with Crippen molar-refractivity contribution in [2.75, 3.05) is 7.11 Å². The van der Waals surface area contributed by atoms with Crippen LogP contribution in [0.3, 0.4) is 0 Å². The van der Waals surface area contributed by atoms with Crippen LogP contribution in [-0.4, -0.2) is 18.0 Å². The Hall–Kier alpha value is -2.79. The largest absolute Gasteiger partial charge is 0.497 e. The monoisotopic (exact) mass is 370 g/mol. The highest BCUT2D eigenvalue weighted by molar-refractivity contribution is 6.30. The molecule has 1 N–H and O–H groups in total. The summed E-state index contributed by atoms with van der Waals surface area (Å²) in [4.78, 5) is 16.2.